The standard InChI is InChI=1S/C16H23BrN2O2/c1-2-21-15-7-4-3-6-14(15)16(20)19-10-5-9-18(11-8-17)12-13-19/h3-4,6-7H,2,5,8-13H2,1H3. The molecule has 0 spiro atoms. The van der Waals surface area contributed by atoms with Gasteiger partial charge in [0, 0.05) is 31.5 Å². The van der Waals surface area contributed by atoms with E-state index in [0.717, 1.165) is 44.5 Å². The van der Waals surface area contributed by atoms with Crippen molar-refractivity contribution in [2.75, 3.05) is 44.7 Å². The Balaban J connectivity index is 2.06. The van der Waals surface area contributed by atoms with E-state index in [-0.39, 0.29) is 5.91 Å². The Morgan fingerprint density at radius 2 is 2.05 bits per heavy atom. The minimum Gasteiger partial charge on any atom is -0.493 e. The van der Waals surface area contributed by atoms with Gasteiger partial charge in [0.05, 0.1) is 12.2 Å². The van der Waals surface area contributed by atoms with Gasteiger partial charge in [-0.2, -0.15) is 0 Å². The first-order valence-corrected chi connectivity index (χ1v) is 8.67. The molecule has 4 nitrogen and oxygen atoms in total. The molecule has 1 aromatic rings. The number of hydrogen-bond acceptors (Lipinski definition) is 3. The molecule has 21 heavy (non-hydrogen) atoms. The number of rotatable bonds is 5. The lowest BCUT2D eigenvalue weighted by molar-refractivity contribution is 0.0757. The second kappa shape index (κ2) is 8.39. The molecule has 1 aliphatic heterocycles. The van der Waals surface area contributed by atoms with Crippen molar-refractivity contribution in [1.29, 1.82) is 0 Å². The minimum atomic E-state index is 0.0831. The molecule has 1 aliphatic rings. The molecular weight excluding hydrogens is 332 g/mol. The monoisotopic (exact) mass is 354 g/mol. The van der Waals surface area contributed by atoms with Gasteiger partial charge in [-0.25, -0.2) is 0 Å². The molecule has 0 radical (unpaired) electrons. The summed E-state index contributed by atoms with van der Waals surface area (Å²) >= 11 is 3.48. The summed E-state index contributed by atoms with van der Waals surface area (Å²) in [5, 5.41) is 0.980. The molecule has 0 aliphatic carbocycles. The fraction of sp³-hybridized carbons (Fsp3) is 0.562. The molecular formula is C16H23BrN2O2. The summed E-state index contributed by atoms with van der Waals surface area (Å²) in [6.45, 7) is 7.15. The number of benzene rings is 1. The topological polar surface area (TPSA) is 32.8 Å². The Kier molecular flexibility index (Phi) is 6.51. The summed E-state index contributed by atoms with van der Waals surface area (Å²) in [6, 6.07) is 7.52. The number of halogens is 1. The molecule has 0 unspecified atom stereocenters. The van der Waals surface area contributed by atoms with Crippen LogP contribution in [0.15, 0.2) is 24.3 Å². The van der Waals surface area contributed by atoms with Crippen molar-refractivity contribution in [3.05, 3.63) is 29.8 Å². The molecule has 0 bridgehead atoms. The number of nitrogens with zero attached hydrogens (tertiary/aromatic N) is 2. The summed E-state index contributed by atoms with van der Waals surface area (Å²) in [7, 11) is 0. The van der Waals surface area contributed by atoms with Crippen LogP contribution in [0.2, 0.25) is 0 Å². The summed E-state index contributed by atoms with van der Waals surface area (Å²) in [4.78, 5) is 17.1. The van der Waals surface area contributed by atoms with E-state index in [1.165, 1.54) is 0 Å². The van der Waals surface area contributed by atoms with Gasteiger partial charge in [0.15, 0.2) is 0 Å². The number of para-hydroxylation sites is 1. The molecule has 1 amide bonds. The summed E-state index contributed by atoms with van der Waals surface area (Å²) < 4.78 is 5.58. The van der Waals surface area contributed by atoms with Crippen LogP contribution in [0, 0.1) is 0 Å². The molecule has 0 atom stereocenters. The van der Waals surface area contributed by atoms with Crippen LogP contribution < -0.4 is 4.74 Å². The third-order valence-corrected chi connectivity index (χ3v) is 4.05. The van der Waals surface area contributed by atoms with E-state index in [9.17, 15) is 4.79 Å². The predicted octanol–water partition coefficient (Wildman–Crippen LogP) is 2.63. The average Bonchev–Trinajstić information content (AvgIpc) is 2.74. The van der Waals surface area contributed by atoms with Crippen molar-refractivity contribution in [1.82, 2.24) is 9.80 Å². The maximum absolute atomic E-state index is 12.7. The van der Waals surface area contributed by atoms with Crippen LogP contribution in [0.4, 0.5) is 0 Å². The molecule has 1 saturated heterocycles. The lowest BCUT2D eigenvalue weighted by Gasteiger charge is -2.22. The number of carbonyl (C=O) groups is 1. The summed E-state index contributed by atoms with van der Waals surface area (Å²) in [6.07, 6.45) is 1.02. The van der Waals surface area contributed by atoms with Crippen LogP contribution in [-0.2, 0) is 0 Å². The largest absolute Gasteiger partial charge is 0.493 e. The Morgan fingerprint density at radius 1 is 1.24 bits per heavy atom. The Bertz CT molecular complexity index is 467. The zero-order chi connectivity index (χ0) is 15.1. The zero-order valence-corrected chi connectivity index (χ0v) is 14.1. The van der Waals surface area contributed by atoms with Gasteiger partial charge >= 0.3 is 0 Å². The van der Waals surface area contributed by atoms with E-state index in [1.54, 1.807) is 0 Å². The van der Waals surface area contributed by atoms with Crippen molar-refractivity contribution >= 4 is 21.8 Å². The van der Waals surface area contributed by atoms with Crippen LogP contribution in [-0.4, -0.2) is 60.4 Å². The summed E-state index contributed by atoms with van der Waals surface area (Å²) in [5.41, 5.74) is 0.674. The third-order valence-electron chi connectivity index (χ3n) is 3.69. The van der Waals surface area contributed by atoms with Crippen LogP contribution in [0.1, 0.15) is 23.7 Å². The lowest BCUT2D eigenvalue weighted by Crippen LogP contribution is -2.35. The lowest BCUT2D eigenvalue weighted by atomic mass is 10.1. The Hall–Kier alpha value is -1.07. The predicted molar refractivity (Wildman–Crippen MR) is 88.4 cm³/mol. The van der Waals surface area contributed by atoms with Crippen LogP contribution in [0.25, 0.3) is 0 Å². The summed E-state index contributed by atoms with van der Waals surface area (Å²) in [5.74, 6) is 0.770. The number of alkyl halides is 1. The van der Waals surface area contributed by atoms with Gasteiger partial charge in [-0.15, -0.1) is 0 Å². The molecule has 5 heteroatoms. The van der Waals surface area contributed by atoms with Gasteiger partial charge in [0.1, 0.15) is 5.75 Å². The first-order chi connectivity index (χ1) is 10.3. The molecule has 116 valence electrons. The quantitative estimate of drug-likeness (QED) is 0.762. The van der Waals surface area contributed by atoms with Crippen molar-refractivity contribution < 1.29 is 9.53 Å². The fourth-order valence-electron chi connectivity index (χ4n) is 2.61. The molecule has 0 aromatic heterocycles. The van der Waals surface area contributed by atoms with E-state index < -0.39 is 0 Å². The molecule has 0 N–H and O–H groups in total. The van der Waals surface area contributed by atoms with E-state index in [4.69, 9.17) is 4.74 Å². The SMILES string of the molecule is CCOc1ccccc1C(=O)N1CCCN(CCBr)CC1. The molecule has 2 rings (SSSR count). The van der Waals surface area contributed by atoms with Crippen LogP contribution in [0.5, 0.6) is 5.75 Å². The van der Waals surface area contributed by atoms with Gasteiger partial charge in [-0.1, -0.05) is 28.1 Å². The maximum atomic E-state index is 12.7. The Morgan fingerprint density at radius 3 is 2.81 bits per heavy atom. The van der Waals surface area contributed by atoms with Gasteiger partial charge in [0.2, 0.25) is 0 Å². The van der Waals surface area contributed by atoms with Crippen molar-refractivity contribution in [3.63, 3.8) is 0 Å². The van der Waals surface area contributed by atoms with Crippen LogP contribution >= 0.6 is 15.9 Å². The second-order valence-electron chi connectivity index (χ2n) is 5.11. The zero-order valence-electron chi connectivity index (χ0n) is 12.6. The van der Waals surface area contributed by atoms with Crippen molar-refractivity contribution in [3.8, 4) is 5.75 Å². The number of carbonyl (C=O) groups excluding carboxylic acids is 1. The maximum Gasteiger partial charge on any atom is 0.257 e. The highest BCUT2D eigenvalue weighted by atomic mass is 79.9. The first kappa shape index (κ1) is 16.3. The highest BCUT2D eigenvalue weighted by molar-refractivity contribution is 9.09. The van der Waals surface area contributed by atoms with E-state index >= 15 is 0 Å². The van der Waals surface area contributed by atoms with E-state index in [2.05, 4.69) is 20.8 Å². The molecule has 1 aromatic carbocycles. The number of amides is 1. The minimum absolute atomic E-state index is 0.0831. The van der Waals surface area contributed by atoms with Gasteiger partial charge in [-0.3, -0.25) is 4.79 Å². The Labute approximate surface area is 135 Å². The van der Waals surface area contributed by atoms with Gasteiger partial charge in [-0.05, 0) is 32.0 Å². The molecule has 1 fully saturated rings. The normalized spacial score (nSPS) is 16.6. The highest BCUT2D eigenvalue weighted by Gasteiger charge is 2.22. The third kappa shape index (κ3) is 4.45. The van der Waals surface area contributed by atoms with E-state index in [0.29, 0.717) is 17.9 Å². The number of ether oxygens (including phenoxy) is 1. The van der Waals surface area contributed by atoms with Crippen molar-refractivity contribution in [2.24, 2.45) is 0 Å². The van der Waals surface area contributed by atoms with Gasteiger partial charge in [0.25, 0.3) is 5.91 Å². The van der Waals surface area contributed by atoms with E-state index in [1.807, 2.05) is 36.1 Å². The smallest absolute Gasteiger partial charge is 0.257 e. The van der Waals surface area contributed by atoms with Gasteiger partial charge < -0.3 is 14.5 Å². The van der Waals surface area contributed by atoms with Crippen molar-refractivity contribution in [2.45, 2.75) is 13.3 Å². The van der Waals surface area contributed by atoms with Crippen LogP contribution in [0.3, 0.4) is 0 Å². The number of hydrogen-bond donors (Lipinski definition) is 0. The first-order valence-electron chi connectivity index (χ1n) is 7.55. The molecule has 1 heterocycles. The highest BCUT2D eigenvalue weighted by Crippen LogP contribution is 2.20. The fourth-order valence-corrected chi connectivity index (χ4v) is 3.11. The molecule has 0 saturated carbocycles. The second-order valence-corrected chi connectivity index (χ2v) is 5.90. The average molecular weight is 355 g/mol.